The number of hydrogen-bond donors (Lipinski definition) is 0. The number of aromatic nitrogens is 1. The van der Waals surface area contributed by atoms with Gasteiger partial charge in [-0.15, -0.1) is 11.3 Å². The summed E-state index contributed by atoms with van der Waals surface area (Å²) in [6, 6.07) is 13.6. The lowest BCUT2D eigenvalue weighted by molar-refractivity contribution is -0.00000726. The lowest BCUT2D eigenvalue weighted by atomic mass is 10.2. The Bertz CT molecular complexity index is 1060. The van der Waals surface area contributed by atoms with E-state index in [-0.39, 0.29) is 24.0 Å². The molecule has 0 unspecified atom stereocenters. The first-order chi connectivity index (χ1) is 16.4. The Hall–Kier alpha value is -1.29. The molecule has 0 amide bonds. The zero-order chi connectivity index (χ0) is 24.5. The minimum absolute atomic E-state index is 0. The molecule has 2 aliphatic rings. The summed E-state index contributed by atoms with van der Waals surface area (Å²) in [6.07, 6.45) is 4.66. The van der Waals surface area contributed by atoms with Crippen molar-refractivity contribution in [2.24, 2.45) is 0 Å². The maximum absolute atomic E-state index is 5.00. The Labute approximate surface area is 233 Å². The number of rotatable bonds is 13. The summed E-state index contributed by atoms with van der Waals surface area (Å²) >= 11 is 1.88. The SMILES string of the molecule is CCC[N+](CCC)=c1ccc2nc3ccc(N(CCCN(C)C)CCCN(C)C)cc3sc-2c1.[I-]. The second-order valence-electron chi connectivity index (χ2n) is 9.81. The Morgan fingerprint density at radius 3 is 2.00 bits per heavy atom. The molecule has 3 rings (SSSR count). The summed E-state index contributed by atoms with van der Waals surface area (Å²) in [6.45, 7) is 11.1. The van der Waals surface area contributed by atoms with E-state index in [0.717, 1.165) is 63.3 Å². The molecule has 0 radical (unpaired) electrons. The molecule has 0 spiro atoms. The van der Waals surface area contributed by atoms with Crippen LogP contribution >= 0.6 is 11.3 Å². The lowest BCUT2D eigenvalue weighted by Crippen LogP contribution is -3.00. The van der Waals surface area contributed by atoms with Crippen LogP contribution < -0.4 is 38.8 Å². The molecule has 194 valence electrons. The molecule has 0 atom stereocenters. The molecule has 0 saturated heterocycles. The maximum Gasteiger partial charge on any atom is 0.201 e. The van der Waals surface area contributed by atoms with E-state index < -0.39 is 0 Å². The highest BCUT2D eigenvalue weighted by atomic mass is 127. The normalized spacial score (nSPS) is 11.4. The molecule has 1 aromatic rings. The average molecular weight is 610 g/mol. The van der Waals surface area contributed by atoms with Crippen molar-refractivity contribution in [1.82, 2.24) is 19.4 Å². The van der Waals surface area contributed by atoms with E-state index in [4.69, 9.17) is 4.98 Å². The van der Waals surface area contributed by atoms with Crippen LogP contribution in [0.15, 0.2) is 36.4 Å². The fourth-order valence-corrected chi connectivity index (χ4v) is 5.46. The van der Waals surface area contributed by atoms with Gasteiger partial charge in [0.2, 0.25) is 5.36 Å². The number of benzene rings is 2. The molecule has 0 saturated carbocycles. The molecule has 0 fully saturated rings. The van der Waals surface area contributed by atoms with Crippen molar-refractivity contribution in [3.05, 3.63) is 41.8 Å². The van der Waals surface area contributed by atoms with Crippen LogP contribution in [0.3, 0.4) is 0 Å². The molecule has 5 nitrogen and oxygen atoms in total. The van der Waals surface area contributed by atoms with Crippen LogP contribution in [0, 0.1) is 0 Å². The molecule has 35 heavy (non-hydrogen) atoms. The summed E-state index contributed by atoms with van der Waals surface area (Å²) in [5.74, 6) is 0. The Kier molecular flexibility index (Phi) is 12.9. The topological polar surface area (TPSA) is 25.6 Å². The van der Waals surface area contributed by atoms with Crippen molar-refractivity contribution in [3.8, 4) is 10.6 Å². The van der Waals surface area contributed by atoms with E-state index in [9.17, 15) is 0 Å². The third kappa shape index (κ3) is 8.95. The quantitative estimate of drug-likeness (QED) is 0.168. The van der Waals surface area contributed by atoms with E-state index in [1.54, 1.807) is 0 Å². The van der Waals surface area contributed by atoms with Gasteiger partial charge in [-0.3, -0.25) is 0 Å². The average Bonchev–Trinajstić information content (AvgIpc) is 2.80. The summed E-state index contributed by atoms with van der Waals surface area (Å²) in [5.41, 5.74) is 3.50. The molecular formula is C28H44IN5S. The molecule has 1 aliphatic carbocycles. The van der Waals surface area contributed by atoms with Gasteiger partial charge in [0.15, 0.2) is 0 Å². The highest BCUT2D eigenvalue weighted by Gasteiger charge is 2.13. The minimum Gasteiger partial charge on any atom is -1.00 e. The molecule has 1 heterocycles. The van der Waals surface area contributed by atoms with Crippen LogP contribution in [0.25, 0.3) is 20.8 Å². The molecule has 1 aliphatic heterocycles. The van der Waals surface area contributed by atoms with Crippen molar-refractivity contribution >= 4 is 27.2 Å². The summed E-state index contributed by atoms with van der Waals surface area (Å²) in [7, 11) is 8.62. The van der Waals surface area contributed by atoms with Crippen molar-refractivity contribution in [3.63, 3.8) is 0 Å². The Balaban J connectivity index is 0.00000432. The van der Waals surface area contributed by atoms with Gasteiger partial charge in [-0.1, -0.05) is 13.8 Å². The maximum atomic E-state index is 5.00. The van der Waals surface area contributed by atoms with Gasteiger partial charge in [0, 0.05) is 43.8 Å². The van der Waals surface area contributed by atoms with Crippen molar-refractivity contribution < 1.29 is 24.0 Å². The fraction of sp³-hybridized carbons (Fsp3) is 0.571. The first-order valence-electron chi connectivity index (χ1n) is 12.9. The number of nitrogens with zero attached hydrogens (tertiary/aromatic N) is 5. The van der Waals surface area contributed by atoms with Gasteiger partial charge in [-0.25, -0.2) is 9.56 Å². The van der Waals surface area contributed by atoms with Crippen molar-refractivity contribution in [2.45, 2.75) is 39.5 Å². The zero-order valence-electron chi connectivity index (χ0n) is 22.6. The van der Waals surface area contributed by atoms with Crippen LogP contribution in [0.2, 0.25) is 0 Å². The van der Waals surface area contributed by atoms with Gasteiger partial charge in [0.1, 0.15) is 13.1 Å². The predicted octanol–water partition coefficient (Wildman–Crippen LogP) is 1.71. The Morgan fingerprint density at radius 1 is 0.800 bits per heavy atom. The third-order valence-corrected chi connectivity index (χ3v) is 7.23. The second-order valence-corrected chi connectivity index (χ2v) is 10.9. The van der Waals surface area contributed by atoms with Crippen LogP contribution in [0.5, 0.6) is 0 Å². The van der Waals surface area contributed by atoms with Crippen LogP contribution in [0.1, 0.15) is 39.5 Å². The third-order valence-electron chi connectivity index (χ3n) is 6.13. The van der Waals surface area contributed by atoms with E-state index in [2.05, 4.69) is 97.7 Å². The van der Waals surface area contributed by atoms with Gasteiger partial charge >= 0.3 is 0 Å². The number of hydrogen-bond acceptors (Lipinski definition) is 5. The summed E-state index contributed by atoms with van der Waals surface area (Å²) in [4.78, 5) is 13.4. The minimum atomic E-state index is 0. The zero-order valence-corrected chi connectivity index (χ0v) is 25.5. The lowest BCUT2D eigenvalue weighted by Gasteiger charge is -2.26. The first kappa shape index (κ1) is 29.9. The molecule has 0 N–H and O–H groups in total. The van der Waals surface area contributed by atoms with E-state index in [0.29, 0.717) is 0 Å². The van der Waals surface area contributed by atoms with Gasteiger partial charge in [0.05, 0.1) is 20.8 Å². The van der Waals surface area contributed by atoms with E-state index in [1.165, 1.54) is 33.5 Å². The van der Waals surface area contributed by atoms with E-state index in [1.807, 2.05) is 11.3 Å². The number of anilines is 1. The molecular weight excluding hydrogens is 565 g/mol. The molecule has 0 bridgehead atoms. The fourth-order valence-electron chi connectivity index (χ4n) is 4.43. The standard InChI is InChI=1S/C28H44N5S.HI/c1-7-15-32(16-8-2)23-11-13-25-27(21-23)34-28-22-24(12-14-26(28)29-25)33(19-9-17-30(3)4)20-10-18-31(5)6;/h11-14,21-22H,7-10,15-20H2,1-6H3;1H/q+1;/p-1. The van der Waals surface area contributed by atoms with E-state index >= 15 is 0 Å². The molecule has 0 aromatic heterocycles. The summed E-state index contributed by atoms with van der Waals surface area (Å²) in [5, 5.41) is 1.32. The van der Waals surface area contributed by atoms with Gasteiger partial charge < -0.3 is 38.7 Å². The van der Waals surface area contributed by atoms with Crippen LogP contribution in [-0.4, -0.2) is 82.2 Å². The number of fused-ring (bicyclic) bond motifs is 2. The van der Waals surface area contributed by atoms with Crippen molar-refractivity contribution in [1.29, 1.82) is 0 Å². The smallest absolute Gasteiger partial charge is 0.201 e. The number of halogens is 1. The molecule has 7 heteroatoms. The second kappa shape index (κ2) is 15.1. The van der Waals surface area contributed by atoms with Gasteiger partial charge in [0.25, 0.3) is 0 Å². The summed E-state index contributed by atoms with van der Waals surface area (Å²) < 4.78 is 3.77. The monoisotopic (exact) mass is 609 g/mol. The van der Waals surface area contributed by atoms with Crippen molar-refractivity contribution in [2.75, 3.05) is 72.4 Å². The Morgan fingerprint density at radius 2 is 1.43 bits per heavy atom. The first-order valence-corrected chi connectivity index (χ1v) is 13.7. The van der Waals surface area contributed by atoms with Crippen LogP contribution in [0.4, 0.5) is 5.69 Å². The highest BCUT2D eigenvalue weighted by molar-refractivity contribution is 7.21. The molecule has 1 aromatic carbocycles. The highest BCUT2D eigenvalue weighted by Crippen LogP contribution is 2.32. The predicted molar refractivity (Wildman–Crippen MR) is 150 cm³/mol. The largest absolute Gasteiger partial charge is 1.00 e. The van der Waals surface area contributed by atoms with Gasteiger partial charge in [-0.2, -0.15) is 0 Å². The van der Waals surface area contributed by atoms with Crippen LogP contribution in [-0.2, 0) is 0 Å². The van der Waals surface area contributed by atoms with Gasteiger partial charge in [-0.05, 0) is 78.4 Å².